The quantitative estimate of drug-likeness (QED) is 0.664. The Kier molecular flexibility index (Phi) is 2.33. The van der Waals surface area contributed by atoms with Crippen LogP contribution in [0.4, 0.5) is 0 Å². The van der Waals surface area contributed by atoms with Crippen LogP contribution in [-0.2, 0) is 9.47 Å². The van der Waals surface area contributed by atoms with Crippen LogP contribution >= 0.6 is 0 Å². The molecule has 2 bridgehead atoms. The van der Waals surface area contributed by atoms with E-state index in [0.717, 1.165) is 36.9 Å². The van der Waals surface area contributed by atoms with Crippen molar-refractivity contribution >= 4 is 0 Å². The molecule has 0 spiro atoms. The van der Waals surface area contributed by atoms with Gasteiger partial charge in [0.05, 0.1) is 0 Å². The zero-order chi connectivity index (χ0) is 10.5. The lowest BCUT2D eigenvalue weighted by atomic mass is 9.61. The summed E-state index contributed by atoms with van der Waals surface area (Å²) in [5.41, 5.74) is 0. The molecule has 0 amide bonds. The van der Waals surface area contributed by atoms with E-state index < -0.39 is 0 Å². The predicted octanol–water partition coefficient (Wildman–Crippen LogP) is 2.82. The van der Waals surface area contributed by atoms with Crippen molar-refractivity contribution in [2.45, 2.75) is 45.3 Å². The minimum Gasteiger partial charge on any atom is -0.350 e. The van der Waals surface area contributed by atoms with Gasteiger partial charge in [0.2, 0.25) is 0 Å². The Labute approximate surface area is 92.3 Å². The molecule has 0 aliphatic heterocycles. The van der Waals surface area contributed by atoms with E-state index in [4.69, 9.17) is 9.47 Å². The molecule has 3 aliphatic rings. The molecule has 2 nitrogen and oxygen atoms in total. The van der Waals surface area contributed by atoms with Crippen molar-refractivity contribution < 1.29 is 9.47 Å². The highest BCUT2D eigenvalue weighted by molar-refractivity contribution is 5.11. The summed E-state index contributed by atoms with van der Waals surface area (Å²) in [6, 6.07) is 0. The van der Waals surface area contributed by atoms with E-state index in [1.54, 1.807) is 0 Å². The van der Waals surface area contributed by atoms with E-state index >= 15 is 0 Å². The normalized spacial score (nSPS) is 45.2. The molecule has 3 rings (SSSR count). The fraction of sp³-hybridized carbons (Fsp3) is 1.00. The van der Waals surface area contributed by atoms with Crippen molar-refractivity contribution in [2.75, 3.05) is 13.2 Å². The summed E-state index contributed by atoms with van der Waals surface area (Å²) in [5, 5.41) is 0. The van der Waals surface area contributed by atoms with Crippen LogP contribution in [0.3, 0.4) is 0 Å². The Balaban J connectivity index is 1.77. The fourth-order valence-electron chi connectivity index (χ4n) is 4.53. The van der Waals surface area contributed by atoms with Gasteiger partial charge in [0.15, 0.2) is 5.79 Å². The van der Waals surface area contributed by atoms with Gasteiger partial charge in [-0.3, -0.25) is 0 Å². The highest BCUT2D eigenvalue weighted by atomic mass is 16.7. The summed E-state index contributed by atoms with van der Waals surface area (Å²) in [4.78, 5) is 0. The Morgan fingerprint density at radius 1 is 1.07 bits per heavy atom. The molecule has 2 heteroatoms. The Bertz CT molecular complexity index is 243. The highest BCUT2D eigenvalue weighted by Crippen LogP contribution is 2.66. The van der Waals surface area contributed by atoms with Gasteiger partial charge in [-0.2, -0.15) is 0 Å². The van der Waals surface area contributed by atoms with Crippen LogP contribution in [0.2, 0.25) is 0 Å². The molecule has 3 saturated carbocycles. The van der Waals surface area contributed by atoms with Gasteiger partial charge in [0.1, 0.15) is 0 Å². The molecule has 4 atom stereocenters. The van der Waals surface area contributed by atoms with E-state index in [1.165, 1.54) is 25.7 Å². The van der Waals surface area contributed by atoms with Crippen molar-refractivity contribution in [3.05, 3.63) is 0 Å². The van der Waals surface area contributed by atoms with Crippen molar-refractivity contribution in [3.63, 3.8) is 0 Å². The lowest BCUT2D eigenvalue weighted by Crippen LogP contribution is -2.59. The van der Waals surface area contributed by atoms with Gasteiger partial charge in [-0.15, -0.1) is 0 Å². The number of fused-ring (bicyclic) bond motifs is 5. The zero-order valence-corrected chi connectivity index (χ0v) is 9.87. The van der Waals surface area contributed by atoms with Crippen LogP contribution in [0.5, 0.6) is 0 Å². The Morgan fingerprint density at radius 3 is 2.33 bits per heavy atom. The zero-order valence-electron chi connectivity index (χ0n) is 9.87. The Hall–Kier alpha value is -0.0800. The minimum atomic E-state index is -0.173. The molecule has 0 aromatic carbocycles. The average Bonchev–Trinajstić information content (AvgIpc) is 2.73. The van der Waals surface area contributed by atoms with E-state index in [1.807, 2.05) is 0 Å². The first-order valence-electron chi connectivity index (χ1n) is 6.58. The maximum atomic E-state index is 5.95. The van der Waals surface area contributed by atoms with Crippen LogP contribution in [0.15, 0.2) is 0 Å². The maximum Gasteiger partial charge on any atom is 0.171 e. The van der Waals surface area contributed by atoms with Gasteiger partial charge in [-0.05, 0) is 50.9 Å². The molecular formula is C13H22O2. The molecule has 3 aliphatic carbocycles. The van der Waals surface area contributed by atoms with Crippen LogP contribution in [-0.4, -0.2) is 19.0 Å². The molecule has 0 saturated heterocycles. The topological polar surface area (TPSA) is 18.5 Å². The number of ether oxygens (including phenoxy) is 2. The molecule has 0 unspecified atom stereocenters. The van der Waals surface area contributed by atoms with Crippen molar-refractivity contribution in [1.82, 2.24) is 0 Å². The lowest BCUT2D eigenvalue weighted by Gasteiger charge is -2.55. The van der Waals surface area contributed by atoms with E-state index in [-0.39, 0.29) is 5.79 Å². The molecule has 0 aromatic heterocycles. The third-order valence-electron chi connectivity index (χ3n) is 4.89. The van der Waals surface area contributed by atoms with Gasteiger partial charge >= 0.3 is 0 Å². The van der Waals surface area contributed by atoms with E-state index in [9.17, 15) is 0 Å². The lowest BCUT2D eigenvalue weighted by molar-refractivity contribution is -0.337. The first-order chi connectivity index (χ1) is 7.30. The molecule has 15 heavy (non-hydrogen) atoms. The van der Waals surface area contributed by atoms with Crippen molar-refractivity contribution in [2.24, 2.45) is 23.7 Å². The van der Waals surface area contributed by atoms with Crippen molar-refractivity contribution in [3.8, 4) is 0 Å². The maximum absolute atomic E-state index is 5.95. The second-order valence-electron chi connectivity index (χ2n) is 5.40. The predicted molar refractivity (Wildman–Crippen MR) is 58.4 cm³/mol. The minimum absolute atomic E-state index is 0.173. The summed E-state index contributed by atoms with van der Waals surface area (Å²) in [6.07, 6.45) is 5.52. The number of rotatable bonds is 4. The molecule has 0 heterocycles. The first kappa shape index (κ1) is 10.1. The van der Waals surface area contributed by atoms with E-state index in [0.29, 0.717) is 0 Å². The highest BCUT2D eigenvalue weighted by Gasteiger charge is 2.66. The third kappa shape index (κ3) is 1.24. The largest absolute Gasteiger partial charge is 0.350 e. The van der Waals surface area contributed by atoms with Gasteiger partial charge in [0, 0.05) is 25.6 Å². The van der Waals surface area contributed by atoms with Gasteiger partial charge in [-0.25, -0.2) is 0 Å². The smallest absolute Gasteiger partial charge is 0.171 e. The van der Waals surface area contributed by atoms with Gasteiger partial charge in [-0.1, -0.05) is 0 Å². The molecule has 0 aromatic rings. The van der Waals surface area contributed by atoms with Crippen LogP contribution < -0.4 is 0 Å². The van der Waals surface area contributed by atoms with Crippen molar-refractivity contribution in [1.29, 1.82) is 0 Å². The number of hydrogen-bond donors (Lipinski definition) is 0. The summed E-state index contributed by atoms with van der Waals surface area (Å²) < 4.78 is 11.9. The van der Waals surface area contributed by atoms with Gasteiger partial charge < -0.3 is 9.47 Å². The van der Waals surface area contributed by atoms with Crippen LogP contribution in [0.25, 0.3) is 0 Å². The van der Waals surface area contributed by atoms with Crippen LogP contribution in [0, 0.1) is 23.7 Å². The third-order valence-corrected chi connectivity index (χ3v) is 4.89. The SMILES string of the molecule is CCOC1(OCC)C[C@@H]2[C@H]3CC[C@@H](C3)[C@H]21. The molecule has 3 fully saturated rings. The van der Waals surface area contributed by atoms with Crippen LogP contribution in [0.1, 0.15) is 39.5 Å². The standard InChI is InChI=1S/C13H22O2/c1-3-14-13(15-4-2)8-11-9-5-6-10(7-9)12(11)13/h9-12H,3-8H2,1-2H3/t9-,10-,11+,12+/m0/s1. The Morgan fingerprint density at radius 2 is 1.73 bits per heavy atom. The number of hydrogen-bond acceptors (Lipinski definition) is 2. The summed E-state index contributed by atoms with van der Waals surface area (Å²) in [5.74, 6) is 3.41. The molecule has 0 N–H and O–H groups in total. The fourth-order valence-corrected chi connectivity index (χ4v) is 4.53. The molecule has 86 valence electrons. The molecule has 0 radical (unpaired) electrons. The second-order valence-corrected chi connectivity index (χ2v) is 5.40. The summed E-state index contributed by atoms with van der Waals surface area (Å²) >= 11 is 0. The monoisotopic (exact) mass is 210 g/mol. The second kappa shape index (κ2) is 3.46. The van der Waals surface area contributed by atoms with E-state index in [2.05, 4.69) is 13.8 Å². The van der Waals surface area contributed by atoms with Gasteiger partial charge in [0.25, 0.3) is 0 Å². The average molecular weight is 210 g/mol. The summed E-state index contributed by atoms with van der Waals surface area (Å²) in [7, 11) is 0. The summed E-state index contributed by atoms with van der Waals surface area (Å²) in [6.45, 7) is 5.75. The molecular weight excluding hydrogens is 188 g/mol. The first-order valence-corrected chi connectivity index (χ1v) is 6.58.